The van der Waals surface area contributed by atoms with Gasteiger partial charge in [-0.25, -0.2) is 8.42 Å². The van der Waals surface area contributed by atoms with Crippen LogP contribution in [-0.4, -0.2) is 59.4 Å². The number of carbonyl (C=O) groups is 2. The molecule has 1 atom stereocenters. The molecule has 1 fully saturated rings. The molecule has 1 aliphatic rings. The number of carbonyl (C=O) groups excluding carboxylic acids is 2. The largest absolute Gasteiger partial charge is 0.484 e. The van der Waals surface area contributed by atoms with Gasteiger partial charge in [-0.15, -0.1) is 0 Å². The second-order valence-corrected chi connectivity index (χ2v) is 9.47. The molecule has 2 amide bonds. The predicted molar refractivity (Wildman–Crippen MR) is 122 cm³/mol. The summed E-state index contributed by atoms with van der Waals surface area (Å²) in [6.45, 7) is 0.867. The minimum Gasteiger partial charge on any atom is -0.484 e. The first-order chi connectivity index (χ1) is 15.2. The Morgan fingerprint density at radius 1 is 1.16 bits per heavy atom. The van der Waals surface area contributed by atoms with Crippen molar-refractivity contribution in [1.29, 1.82) is 0 Å². The summed E-state index contributed by atoms with van der Waals surface area (Å²) in [6.07, 6.45) is 3.05. The van der Waals surface area contributed by atoms with Crippen LogP contribution in [0.2, 0.25) is 0 Å². The van der Waals surface area contributed by atoms with E-state index in [1.165, 1.54) is 7.05 Å². The molecule has 0 aromatic heterocycles. The van der Waals surface area contributed by atoms with E-state index in [0.29, 0.717) is 35.8 Å². The summed E-state index contributed by atoms with van der Waals surface area (Å²) in [5.41, 5.74) is 1.22. The summed E-state index contributed by atoms with van der Waals surface area (Å²) < 4.78 is 35.3. The smallest absolute Gasteiger partial charge is 0.262 e. The highest BCUT2D eigenvalue weighted by molar-refractivity contribution is 7.92. The molecule has 0 bridgehead atoms. The van der Waals surface area contributed by atoms with Crippen LogP contribution < -0.4 is 19.7 Å². The van der Waals surface area contributed by atoms with Crippen LogP contribution in [0.25, 0.3) is 0 Å². The number of sulfonamides is 1. The van der Waals surface area contributed by atoms with Crippen LogP contribution in [0.5, 0.6) is 5.75 Å². The second-order valence-electron chi connectivity index (χ2n) is 7.45. The summed E-state index contributed by atoms with van der Waals surface area (Å²) in [7, 11) is -1.91. The van der Waals surface area contributed by atoms with Crippen molar-refractivity contribution in [2.45, 2.75) is 18.9 Å². The number of nitrogens with zero attached hydrogens (tertiary/aromatic N) is 1. The average molecular weight is 462 g/mol. The van der Waals surface area contributed by atoms with Crippen molar-refractivity contribution in [1.82, 2.24) is 5.32 Å². The molecule has 0 saturated carbocycles. The van der Waals surface area contributed by atoms with Gasteiger partial charge in [0.2, 0.25) is 10.0 Å². The molecule has 0 aliphatic carbocycles. The van der Waals surface area contributed by atoms with Gasteiger partial charge in [-0.1, -0.05) is 12.1 Å². The molecular weight excluding hydrogens is 434 g/mol. The van der Waals surface area contributed by atoms with Gasteiger partial charge in [0.15, 0.2) is 6.61 Å². The molecule has 1 saturated heterocycles. The Labute approximate surface area is 187 Å². The minimum absolute atomic E-state index is 0.0257. The lowest BCUT2D eigenvalue weighted by molar-refractivity contribution is -0.118. The zero-order chi connectivity index (χ0) is 23.1. The maximum Gasteiger partial charge on any atom is 0.262 e. The zero-order valence-corrected chi connectivity index (χ0v) is 18.9. The molecular formula is C22H27N3O6S. The molecule has 32 heavy (non-hydrogen) atoms. The van der Waals surface area contributed by atoms with Crippen LogP contribution >= 0.6 is 0 Å². The number of ether oxygens (including phenoxy) is 2. The highest BCUT2D eigenvalue weighted by atomic mass is 32.2. The van der Waals surface area contributed by atoms with Crippen LogP contribution in [0.1, 0.15) is 23.2 Å². The fraction of sp³-hybridized carbons (Fsp3) is 0.364. The SMILES string of the molecule is CN(c1ccc(OCC(=O)Nc2ccccc2C(=O)NC[C@@H]2CCCO2)cc1)S(C)(=O)=O. The number of para-hydroxylation sites is 1. The van der Waals surface area contributed by atoms with Crippen molar-refractivity contribution in [3.63, 3.8) is 0 Å². The number of rotatable bonds is 9. The van der Waals surface area contributed by atoms with E-state index < -0.39 is 15.9 Å². The van der Waals surface area contributed by atoms with Crippen molar-refractivity contribution in [2.24, 2.45) is 0 Å². The molecule has 0 unspecified atom stereocenters. The predicted octanol–water partition coefficient (Wildman–Crippen LogP) is 2.01. The van der Waals surface area contributed by atoms with Crippen molar-refractivity contribution >= 4 is 33.2 Å². The van der Waals surface area contributed by atoms with Crippen molar-refractivity contribution < 1.29 is 27.5 Å². The van der Waals surface area contributed by atoms with Crippen LogP contribution in [-0.2, 0) is 19.6 Å². The highest BCUT2D eigenvalue weighted by Gasteiger charge is 2.18. The Kier molecular flexibility index (Phi) is 7.70. The van der Waals surface area contributed by atoms with Crippen LogP contribution in [0, 0.1) is 0 Å². The van der Waals surface area contributed by atoms with Gasteiger partial charge in [-0.3, -0.25) is 13.9 Å². The zero-order valence-electron chi connectivity index (χ0n) is 18.0. The van der Waals surface area contributed by atoms with E-state index >= 15 is 0 Å². The molecule has 0 spiro atoms. The molecule has 9 nitrogen and oxygen atoms in total. The molecule has 2 N–H and O–H groups in total. The Morgan fingerprint density at radius 3 is 2.53 bits per heavy atom. The van der Waals surface area contributed by atoms with E-state index in [0.717, 1.165) is 23.4 Å². The van der Waals surface area contributed by atoms with E-state index in [9.17, 15) is 18.0 Å². The summed E-state index contributed by atoms with van der Waals surface area (Å²) in [4.78, 5) is 24.9. The van der Waals surface area contributed by atoms with E-state index in [2.05, 4.69) is 10.6 Å². The Hall–Kier alpha value is -3.11. The number of hydrogen-bond donors (Lipinski definition) is 2. The van der Waals surface area contributed by atoms with Gasteiger partial charge in [-0.05, 0) is 49.2 Å². The van der Waals surface area contributed by atoms with Gasteiger partial charge in [0.1, 0.15) is 5.75 Å². The molecule has 1 heterocycles. The lowest BCUT2D eigenvalue weighted by Crippen LogP contribution is -2.32. The van der Waals surface area contributed by atoms with Crippen molar-refractivity contribution in [3.8, 4) is 5.75 Å². The van der Waals surface area contributed by atoms with Crippen LogP contribution in [0.3, 0.4) is 0 Å². The summed E-state index contributed by atoms with van der Waals surface area (Å²) in [5.74, 6) is -0.307. The topological polar surface area (TPSA) is 114 Å². The number of amides is 2. The third-order valence-electron chi connectivity index (χ3n) is 5.03. The maximum atomic E-state index is 12.5. The van der Waals surface area contributed by atoms with Crippen molar-refractivity contribution in [3.05, 3.63) is 54.1 Å². The summed E-state index contributed by atoms with van der Waals surface area (Å²) >= 11 is 0. The lowest BCUT2D eigenvalue weighted by Gasteiger charge is -2.17. The molecule has 2 aromatic carbocycles. The van der Waals surface area contributed by atoms with E-state index in [-0.39, 0.29) is 18.6 Å². The first-order valence-electron chi connectivity index (χ1n) is 10.2. The third kappa shape index (κ3) is 6.44. The number of hydrogen-bond acceptors (Lipinski definition) is 6. The highest BCUT2D eigenvalue weighted by Crippen LogP contribution is 2.20. The molecule has 172 valence electrons. The summed E-state index contributed by atoms with van der Waals surface area (Å²) in [5, 5.41) is 5.54. The molecule has 2 aromatic rings. The van der Waals surface area contributed by atoms with Crippen molar-refractivity contribution in [2.75, 3.05) is 42.7 Å². The fourth-order valence-corrected chi connectivity index (χ4v) is 3.68. The van der Waals surface area contributed by atoms with Gasteiger partial charge in [0, 0.05) is 20.2 Å². The molecule has 10 heteroatoms. The molecule has 1 aliphatic heterocycles. The number of nitrogens with one attached hydrogen (secondary N) is 2. The van der Waals surface area contributed by atoms with E-state index in [1.54, 1.807) is 48.5 Å². The first-order valence-corrected chi connectivity index (χ1v) is 12.0. The van der Waals surface area contributed by atoms with Gasteiger partial charge in [-0.2, -0.15) is 0 Å². The van der Waals surface area contributed by atoms with Gasteiger partial charge < -0.3 is 20.1 Å². The minimum atomic E-state index is -3.36. The van der Waals surface area contributed by atoms with Gasteiger partial charge in [0.05, 0.1) is 29.3 Å². The maximum absolute atomic E-state index is 12.5. The first kappa shape index (κ1) is 23.6. The molecule has 3 rings (SSSR count). The van der Waals surface area contributed by atoms with E-state index in [4.69, 9.17) is 9.47 Å². The number of anilines is 2. The standard InChI is InChI=1S/C22H27N3O6S/c1-25(32(2,28)29)16-9-11-17(12-10-16)31-15-21(26)24-20-8-4-3-7-19(20)22(27)23-14-18-6-5-13-30-18/h3-4,7-12,18H,5-6,13-15H2,1-2H3,(H,23,27)(H,24,26)/t18-/m0/s1. The van der Waals surface area contributed by atoms with Gasteiger partial charge in [0.25, 0.3) is 11.8 Å². The van der Waals surface area contributed by atoms with E-state index in [1.807, 2.05) is 0 Å². The monoisotopic (exact) mass is 461 g/mol. The normalized spacial score (nSPS) is 15.8. The molecule has 0 radical (unpaired) electrons. The third-order valence-corrected chi connectivity index (χ3v) is 6.23. The average Bonchev–Trinajstić information content (AvgIpc) is 3.29. The van der Waals surface area contributed by atoms with Crippen LogP contribution in [0.15, 0.2) is 48.5 Å². The Balaban J connectivity index is 1.54. The number of benzene rings is 2. The Morgan fingerprint density at radius 2 is 1.88 bits per heavy atom. The van der Waals surface area contributed by atoms with Crippen LogP contribution in [0.4, 0.5) is 11.4 Å². The Bertz CT molecular complexity index is 1050. The fourth-order valence-electron chi connectivity index (χ4n) is 3.18. The van der Waals surface area contributed by atoms with Gasteiger partial charge >= 0.3 is 0 Å². The summed E-state index contributed by atoms with van der Waals surface area (Å²) in [6, 6.07) is 13.1. The second kappa shape index (κ2) is 10.5. The lowest BCUT2D eigenvalue weighted by atomic mass is 10.1. The quantitative estimate of drug-likeness (QED) is 0.591.